The molecule has 1 aromatic carbocycles. The molecule has 0 unspecified atom stereocenters. The first kappa shape index (κ1) is 26.2. The quantitative estimate of drug-likeness (QED) is 0.255. The van der Waals surface area contributed by atoms with Crippen LogP contribution in [-0.2, 0) is 20.0 Å². The van der Waals surface area contributed by atoms with Crippen molar-refractivity contribution < 1.29 is 21.8 Å². The number of sulfonamides is 2. The van der Waals surface area contributed by atoms with E-state index < -0.39 is 47.3 Å². The van der Waals surface area contributed by atoms with E-state index in [0.717, 1.165) is 48.5 Å². The summed E-state index contributed by atoms with van der Waals surface area (Å²) >= 11 is 0. The van der Waals surface area contributed by atoms with Crippen molar-refractivity contribution in [3.63, 3.8) is 0 Å². The Labute approximate surface area is 190 Å². The molecule has 1 aliphatic rings. The van der Waals surface area contributed by atoms with Crippen molar-refractivity contribution in [2.24, 2.45) is 0 Å². The van der Waals surface area contributed by atoms with E-state index in [9.17, 15) is 26.9 Å². The lowest BCUT2D eigenvalue weighted by Gasteiger charge is -2.35. The largest absolute Gasteiger partial charge is 0.289 e. The van der Waals surface area contributed by atoms with Gasteiger partial charge in [0.15, 0.2) is 4.90 Å². The summed E-state index contributed by atoms with van der Waals surface area (Å²) in [6, 6.07) is 3.91. The molecule has 2 rings (SSSR count). The van der Waals surface area contributed by atoms with E-state index in [4.69, 9.17) is 0 Å². The van der Waals surface area contributed by atoms with E-state index in [1.165, 1.54) is 35.5 Å². The molecule has 0 aromatic heterocycles. The highest BCUT2D eigenvalue weighted by Gasteiger charge is 2.38. The highest BCUT2D eigenvalue weighted by atomic mass is 32.2. The monoisotopic (exact) mass is 485 g/mol. The number of nitro groups is 1. The molecule has 0 radical (unpaired) electrons. The Morgan fingerprint density at radius 3 is 2.25 bits per heavy atom. The molecule has 0 saturated heterocycles. The molecule has 32 heavy (non-hydrogen) atoms. The maximum Gasteiger partial charge on any atom is 0.289 e. The van der Waals surface area contributed by atoms with Gasteiger partial charge in [0.2, 0.25) is 20.0 Å². The molecular weight excluding hydrogens is 454 g/mol. The average molecular weight is 486 g/mol. The minimum Gasteiger partial charge on any atom is -0.258 e. The van der Waals surface area contributed by atoms with Crippen LogP contribution in [0.5, 0.6) is 0 Å². The highest BCUT2D eigenvalue weighted by Crippen LogP contribution is 2.29. The van der Waals surface area contributed by atoms with Crippen LogP contribution in [0.15, 0.2) is 54.5 Å². The van der Waals surface area contributed by atoms with Crippen molar-refractivity contribution in [2.45, 2.75) is 56.0 Å². The second-order valence-electron chi connectivity index (χ2n) is 7.87. The fourth-order valence-electron chi connectivity index (χ4n) is 4.06. The summed E-state index contributed by atoms with van der Waals surface area (Å²) in [6.07, 6.45) is 7.32. The minimum absolute atomic E-state index is 0.140. The van der Waals surface area contributed by atoms with Crippen molar-refractivity contribution in [3.8, 4) is 0 Å². The summed E-state index contributed by atoms with van der Waals surface area (Å²) in [5.74, 6) is -0.453. The standard InChI is InChI=1S/C21H31N3O6S2/c1-4-15-22(32(29,30)21-14-10-9-13-20(21)24(25)26)18(3)17-31(27,28)23(16-5-2)19-11-7-6-8-12-19/h4-5,9-10,13-14,18-19H,1-2,6-8,11-12,15-17H2,3H3/t18-/m0/s1. The van der Waals surface area contributed by atoms with Crippen molar-refractivity contribution in [1.82, 2.24) is 8.61 Å². The van der Waals surface area contributed by atoms with E-state index in [1.54, 1.807) is 0 Å². The number of rotatable bonds is 12. The van der Waals surface area contributed by atoms with Crippen LogP contribution >= 0.6 is 0 Å². The first-order chi connectivity index (χ1) is 15.1. The topological polar surface area (TPSA) is 118 Å². The van der Waals surface area contributed by atoms with E-state index in [1.807, 2.05) is 0 Å². The summed E-state index contributed by atoms with van der Waals surface area (Å²) < 4.78 is 55.6. The summed E-state index contributed by atoms with van der Waals surface area (Å²) in [7, 11) is -8.18. The second-order valence-corrected chi connectivity index (χ2v) is 11.7. The number of para-hydroxylation sites is 1. The maximum atomic E-state index is 13.3. The molecule has 1 aliphatic carbocycles. The van der Waals surface area contributed by atoms with Crippen LogP contribution in [0.4, 0.5) is 5.69 Å². The van der Waals surface area contributed by atoms with Gasteiger partial charge in [-0.05, 0) is 25.8 Å². The summed E-state index contributed by atoms with van der Waals surface area (Å²) in [4.78, 5) is 10.1. The van der Waals surface area contributed by atoms with Crippen LogP contribution in [0.1, 0.15) is 39.0 Å². The fourth-order valence-corrected chi connectivity index (χ4v) is 7.90. The molecule has 0 heterocycles. The zero-order valence-corrected chi connectivity index (χ0v) is 19.9. The predicted octanol–water partition coefficient (Wildman–Crippen LogP) is 3.31. The van der Waals surface area contributed by atoms with Gasteiger partial charge in [-0.1, -0.05) is 43.5 Å². The minimum atomic E-state index is -4.36. The normalized spacial score (nSPS) is 16.7. The van der Waals surface area contributed by atoms with Gasteiger partial charge < -0.3 is 0 Å². The molecule has 9 nitrogen and oxygen atoms in total. The summed E-state index contributed by atoms with van der Waals surface area (Å²) in [5, 5.41) is 11.4. The Morgan fingerprint density at radius 2 is 1.69 bits per heavy atom. The van der Waals surface area contributed by atoms with E-state index >= 15 is 0 Å². The molecule has 1 aromatic rings. The molecular formula is C21H31N3O6S2. The van der Waals surface area contributed by atoms with Gasteiger partial charge in [-0.25, -0.2) is 16.8 Å². The molecule has 0 bridgehead atoms. The number of benzene rings is 1. The summed E-state index contributed by atoms with van der Waals surface area (Å²) in [5.41, 5.74) is -0.563. The van der Waals surface area contributed by atoms with Gasteiger partial charge in [0.25, 0.3) is 5.69 Å². The average Bonchev–Trinajstić information content (AvgIpc) is 2.75. The predicted molar refractivity (Wildman–Crippen MR) is 124 cm³/mol. The lowest BCUT2D eigenvalue weighted by Crippen LogP contribution is -2.48. The van der Waals surface area contributed by atoms with Crippen molar-refractivity contribution >= 4 is 25.7 Å². The molecule has 1 fully saturated rings. The van der Waals surface area contributed by atoms with Crippen molar-refractivity contribution in [1.29, 1.82) is 0 Å². The molecule has 178 valence electrons. The van der Waals surface area contributed by atoms with Crippen LogP contribution in [0.2, 0.25) is 0 Å². The Hall–Kier alpha value is -2.08. The third-order valence-corrected chi connectivity index (χ3v) is 9.64. The number of hydrogen-bond acceptors (Lipinski definition) is 6. The number of nitro benzene ring substituents is 1. The molecule has 0 amide bonds. The zero-order valence-electron chi connectivity index (χ0n) is 18.3. The van der Waals surface area contributed by atoms with Gasteiger partial charge in [0.1, 0.15) is 0 Å². The smallest absolute Gasteiger partial charge is 0.258 e. The highest BCUT2D eigenvalue weighted by molar-refractivity contribution is 7.90. The molecule has 1 saturated carbocycles. The first-order valence-corrected chi connectivity index (χ1v) is 13.6. The van der Waals surface area contributed by atoms with Crippen LogP contribution in [0.3, 0.4) is 0 Å². The third kappa shape index (κ3) is 6.03. The molecule has 0 N–H and O–H groups in total. The Morgan fingerprint density at radius 1 is 1.09 bits per heavy atom. The van der Waals surface area contributed by atoms with Crippen LogP contribution < -0.4 is 0 Å². The van der Waals surface area contributed by atoms with E-state index in [-0.39, 0.29) is 19.1 Å². The van der Waals surface area contributed by atoms with Crippen molar-refractivity contribution in [3.05, 3.63) is 59.7 Å². The molecule has 11 heteroatoms. The van der Waals surface area contributed by atoms with Crippen molar-refractivity contribution in [2.75, 3.05) is 18.8 Å². The third-order valence-electron chi connectivity index (χ3n) is 5.55. The van der Waals surface area contributed by atoms with Gasteiger partial charge in [-0.15, -0.1) is 13.2 Å². The number of nitrogens with zero attached hydrogens (tertiary/aromatic N) is 3. The maximum absolute atomic E-state index is 13.3. The molecule has 1 atom stereocenters. The lowest BCUT2D eigenvalue weighted by atomic mass is 9.95. The fraction of sp³-hybridized carbons (Fsp3) is 0.524. The van der Waals surface area contributed by atoms with Crippen LogP contribution in [0.25, 0.3) is 0 Å². The molecule has 0 aliphatic heterocycles. The zero-order chi connectivity index (χ0) is 23.9. The second kappa shape index (κ2) is 11.2. The van der Waals surface area contributed by atoms with E-state index in [2.05, 4.69) is 13.2 Å². The van der Waals surface area contributed by atoms with Gasteiger partial charge in [-0.3, -0.25) is 10.1 Å². The Kier molecular flexibility index (Phi) is 9.14. The van der Waals surface area contributed by atoms with Gasteiger partial charge in [0, 0.05) is 31.2 Å². The van der Waals surface area contributed by atoms with Gasteiger partial charge >= 0.3 is 0 Å². The number of hydrogen-bond donors (Lipinski definition) is 0. The summed E-state index contributed by atoms with van der Waals surface area (Å²) in [6.45, 7) is 8.69. The first-order valence-electron chi connectivity index (χ1n) is 10.5. The van der Waals surface area contributed by atoms with Gasteiger partial charge in [0.05, 0.1) is 10.7 Å². The van der Waals surface area contributed by atoms with Crippen LogP contribution in [-0.4, -0.2) is 61.3 Å². The van der Waals surface area contributed by atoms with Crippen LogP contribution in [0, 0.1) is 10.1 Å². The lowest BCUT2D eigenvalue weighted by molar-refractivity contribution is -0.387. The Balaban J connectivity index is 2.38. The van der Waals surface area contributed by atoms with E-state index in [0.29, 0.717) is 0 Å². The Bertz CT molecular complexity index is 1030. The SMILES string of the molecule is C=CCN(C1CCCCC1)S(=O)(=O)C[C@H](C)N(CC=C)S(=O)(=O)c1ccccc1[N+](=O)[O-]. The molecule has 0 spiro atoms. The van der Waals surface area contributed by atoms with Gasteiger partial charge in [-0.2, -0.15) is 8.61 Å².